The smallest absolute Gasteiger partial charge is 0.433 e. The number of halogens is 3. The van der Waals surface area contributed by atoms with E-state index in [1.165, 1.54) is 6.92 Å². The highest BCUT2D eigenvalue weighted by Crippen LogP contribution is 2.30. The van der Waals surface area contributed by atoms with Crippen molar-refractivity contribution in [2.24, 2.45) is 5.92 Å². The zero-order chi connectivity index (χ0) is 17.2. The maximum Gasteiger partial charge on any atom is 0.433 e. The topological polar surface area (TPSA) is 73.0 Å². The Kier molecular flexibility index (Phi) is 4.76. The quantitative estimate of drug-likeness (QED) is 0.914. The molecule has 6 nitrogen and oxygen atoms in total. The van der Waals surface area contributed by atoms with Crippen LogP contribution in [0.25, 0.3) is 0 Å². The highest BCUT2D eigenvalue weighted by Gasteiger charge is 2.35. The molecule has 0 unspecified atom stereocenters. The van der Waals surface area contributed by atoms with E-state index < -0.39 is 17.8 Å². The van der Waals surface area contributed by atoms with Crippen LogP contribution in [0.1, 0.15) is 34.6 Å². The van der Waals surface area contributed by atoms with Crippen molar-refractivity contribution in [1.82, 2.24) is 20.1 Å². The molecule has 2 rings (SSSR count). The predicted molar refractivity (Wildman–Crippen MR) is 74.7 cm³/mol. The second-order valence-electron chi connectivity index (χ2n) is 5.42. The molecule has 0 aliphatic rings. The van der Waals surface area contributed by atoms with Crippen LogP contribution in [0.2, 0.25) is 0 Å². The summed E-state index contributed by atoms with van der Waals surface area (Å²) < 4.78 is 44.6. The van der Waals surface area contributed by atoms with Gasteiger partial charge >= 0.3 is 6.18 Å². The van der Waals surface area contributed by atoms with Crippen molar-refractivity contribution in [1.29, 1.82) is 0 Å². The molecule has 0 fully saturated rings. The van der Waals surface area contributed by atoms with Crippen LogP contribution < -0.4 is 5.32 Å². The Hall–Kier alpha value is -2.32. The summed E-state index contributed by atoms with van der Waals surface area (Å²) in [7, 11) is 0. The number of aryl methyl sites for hydroxylation is 2. The van der Waals surface area contributed by atoms with Crippen LogP contribution in [0.15, 0.2) is 16.9 Å². The first-order valence-corrected chi connectivity index (χ1v) is 6.98. The zero-order valence-corrected chi connectivity index (χ0v) is 12.9. The van der Waals surface area contributed by atoms with Gasteiger partial charge in [-0.15, -0.1) is 0 Å². The number of hydrogen-bond acceptors (Lipinski definition) is 4. The van der Waals surface area contributed by atoms with Gasteiger partial charge in [0.2, 0.25) is 0 Å². The van der Waals surface area contributed by atoms with Crippen LogP contribution in [-0.4, -0.2) is 27.2 Å². The first-order chi connectivity index (χ1) is 10.7. The van der Waals surface area contributed by atoms with Crippen molar-refractivity contribution in [3.05, 3.63) is 35.3 Å². The molecular weight excluding hydrogens is 313 g/mol. The number of alkyl halides is 3. The molecule has 1 atom stereocenters. The number of carbonyl (C=O) groups excluding carboxylic acids is 1. The fourth-order valence-electron chi connectivity index (χ4n) is 2.15. The number of amides is 1. The maximum absolute atomic E-state index is 12.9. The Morgan fingerprint density at radius 1 is 1.43 bits per heavy atom. The van der Waals surface area contributed by atoms with Crippen molar-refractivity contribution in [3.63, 3.8) is 0 Å². The molecule has 2 heterocycles. The number of rotatable bonds is 5. The minimum atomic E-state index is -4.46. The van der Waals surface area contributed by atoms with Crippen LogP contribution >= 0.6 is 0 Å². The molecule has 2 aromatic rings. The molecule has 0 spiro atoms. The Balaban J connectivity index is 1.97. The summed E-state index contributed by atoms with van der Waals surface area (Å²) in [4.78, 5) is 15.7. The third kappa shape index (κ3) is 4.11. The number of carbonyl (C=O) groups is 1. The number of aromatic nitrogens is 3. The molecule has 0 aliphatic carbocycles. The third-order valence-electron chi connectivity index (χ3n) is 3.25. The number of hydrogen-bond donors (Lipinski definition) is 1. The van der Waals surface area contributed by atoms with Crippen LogP contribution in [0.4, 0.5) is 13.2 Å². The second-order valence-corrected chi connectivity index (χ2v) is 5.42. The van der Waals surface area contributed by atoms with Gasteiger partial charge in [0.05, 0.1) is 5.69 Å². The fraction of sp³-hybridized carbons (Fsp3) is 0.500. The van der Waals surface area contributed by atoms with Gasteiger partial charge in [0.1, 0.15) is 11.5 Å². The molecule has 0 bridgehead atoms. The lowest BCUT2D eigenvalue weighted by atomic mass is 10.1. The van der Waals surface area contributed by atoms with Crippen LogP contribution in [0.5, 0.6) is 0 Å². The lowest BCUT2D eigenvalue weighted by molar-refractivity contribution is -0.144. The first kappa shape index (κ1) is 17.0. The van der Waals surface area contributed by atoms with E-state index in [-0.39, 0.29) is 24.7 Å². The van der Waals surface area contributed by atoms with Crippen molar-refractivity contribution < 1.29 is 22.4 Å². The van der Waals surface area contributed by atoms with Crippen LogP contribution in [-0.2, 0) is 12.7 Å². The van der Waals surface area contributed by atoms with E-state index in [0.29, 0.717) is 11.5 Å². The SMILES string of the molecule is Cc1cc(C(F)(F)F)n(C[C@@H](C)CNC(=O)c2ncoc2C)n1. The molecule has 1 amide bonds. The van der Waals surface area contributed by atoms with E-state index in [1.807, 2.05) is 0 Å². The highest BCUT2D eigenvalue weighted by molar-refractivity contribution is 5.92. The van der Waals surface area contributed by atoms with Crippen molar-refractivity contribution >= 4 is 5.91 Å². The van der Waals surface area contributed by atoms with Gasteiger partial charge in [0, 0.05) is 13.1 Å². The summed E-state index contributed by atoms with van der Waals surface area (Å²) in [6.07, 6.45) is -3.29. The van der Waals surface area contributed by atoms with Crippen molar-refractivity contribution in [2.45, 2.75) is 33.5 Å². The van der Waals surface area contributed by atoms with E-state index in [2.05, 4.69) is 15.4 Å². The molecule has 2 aromatic heterocycles. The first-order valence-electron chi connectivity index (χ1n) is 6.98. The fourth-order valence-corrected chi connectivity index (χ4v) is 2.15. The average Bonchev–Trinajstić information content (AvgIpc) is 3.01. The Morgan fingerprint density at radius 2 is 2.13 bits per heavy atom. The third-order valence-corrected chi connectivity index (χ3v) is 3.25. The summed E-state index contributed by atoms with van der Waals surface area (Å²) in [5.74, 6) is -0.278. The Labute approximate surface area is 130 Å². The van der Waals surface area contributed by atoms with Gasteiger partial charge in [-0.1, -0.05) is 6.92 Å². The van der Waals surface area contributed by atoms with E-state index >= 15 is 0 Å². The number of nitrogens with one attached hydrogen (secondary N) is 1. The molecule has 0 saturated carbocycles. The highest BCUT2D eigenvalue weighted by atomic mass is 19.4. The van der Waals surface area contributed by atoms with Gasteiger partial charge in [-0.25, -0.2) is 4.98 Å². The molecular formula is C14H17F3N4O2. The zero-order valence-electron chi connectivity index (χ0n) is 12.9. The van der Waals surface area contributed by atoms with Gasteiger partial charge in [-0.2, -0.15) is 18.3 Å². The average molecular weight is 330 g/mol. The molecule has 0 aromatic carbocycles. The standard InChI is InChI=1S/C14H17F3N4O2/c1-8(5-18-13(22)12-10(3)23-7-19-12)6-21-11(14(15,16)17)4-9(2)20-21/h4,7-8H,5-6H2,1-3H3,(H,18,22)/t8-/m0/s1. The molecule has 1 N–H and O–H groups in total. The Bertz CT molecular complexity index is 690. The van der Waals surface area contributed by atoms with Crippen LogP contribution in [0, 0.1) is 19.8 Å². The van der Waals surface area contributed by atoms with E-state index in [0.717, 1.165) is 17.1 Å². The van der Waals surface area contributed by atoms with Crippen molar-refractivity contribution in [3.8, 4) is 0 Å². The minimum absolute atomic E-state index is 0.0424. The summed E-state index contributed by atoms with van der Waals surface area (Å²) in [6.45, 7) is 5.08. The van der Waals surface area contributed by atoms with E-state index in [9.17, 15) is 18.0 Å². The largest absolute Gasteiger partial charge is 0.448 e. The number of oxazole rings is 1. The van der Waals surface area contributed by atoms with Crippen molar-refractivity contribution in [2.75, 3.05) is 6.54 Å². The second kappa shape index (κ2) is 6.43. The molecule has 23 heavy (non-hydrogen) atoms. The maximum atomic E-state index is 12.9. The Morgan fingerprint density at radius 3 is 2.70 bits per heavy atom. The normalized spacial score (nSPS) is 13.1. The molecule has 126 valence electrons. The summed E-state index contributed by atoms with van der Waals surface area (Å²) in [5.41, 5.74) is -0.324. The lowest BCUT2D eigenvalue weighted by Gasteiger charge is -2.15. The van der Waals surface area contributed by atoms with Gasteiger partial charge in [0.25, 0.3) is 5.91 Å². The monoisotopic (exact) mass is 330 g/mol. The molecule has 0 saturated heterocycles. The van der Waals surface area contributed by atoms with E-state index in [4.69, 9.17) is 4.42 Å². The predicted octanol–water partition coefficient (Wildman–Crippen LogP) is 2.57. The van der Waals surface area contributed by atoms with Gasteiger partial charge in [0.15, 0.2) is 12.1 Å². The van der Waals surface area contributed by atoms with Crippen LogP contribution in [0.3, 0.4) is 0 Å². The lowest BCUT2D eigenvalue weighted by Crippen LogP contribution is -2.31. The molecule has 0 radical (unpaired) electrons. The minimum Gasteiger partial charge on any atom is -0.448 e. The molecule has 9 heteroatoms. The summed E-state index contributed by atoms with van der Waals surface area (Å²) in [5, 5.41) is 6.49. The van der Waals surface area contributed by atoms with Gasteiger partial charge in [-0.3, -0.25) is 9.48 Å². The van der Waals surface area contributed by atoms with Gasteiger partial charge < -0.3 is 9.73 Å². The number of nitrogens with zero attached hydrogens (tertiary/aromatic N) is 3. The summed E-state index contributed by atoms with van der Waals surface area (Å²) >= 11 is 0. The van der Waals surface area contributed by atoms with Gasteiger partial charge in [-0.05, 0) is 25.8 Å². The molecule has 0 aliphatic heterocycles. The summed E-state index contributed by atoms with van der Waals surface area (Å²) in [6, 6.07) is 1.00. The van der Waals surface area contributed by atoms with E-state index in [1.54, 1.807) is 13.8 Å².